The predicted molar refractivity (Wildman–Crippen MR) is 90.3 cm³/mol. The Morgan fingerprint density at radius 2 is 1.75 bits per heavy atom. The molecule has 0 aromatic heterocycles. The van der Waals surface area contributed by atoms with E-state index < -0.39 is 11.6 Å². The van der Waals surface area contributed by atoms with Gasteiger partial charge < -0.3 is 15.1 Å². The Morgan fingerprint density at radius 1 is 1.04 bits per heavy atom. The van der Waals surface area contributed by atoms with Gasteiger partial charge in [-0.05, 0) is 30.7 Å². The average molecular weight is 331 g/mol. The molecule has 0 bridgehead atoms. The molecule has 0 saturated carbocycles. The van der Waals surface area contributed by atoms with E-state index in [4.69, 9.17) is 0 Å². The van der Waals surface area contributed by atoms with Crippen molar-refractivity contribution in [1.29, 1.82) is 0 Å². The van der Waals surface area contributed by atoms with E-state index in [-0.39, 0.29) is 6.03 Å². The number of carbonyl (C=O) groups excluding carboxylic acids is 1. The van der Waals surface area contributed by atoms with Crippen LogP contribution in [0.4, 0.5) is 25.0 Å². The van der Waals surface area contributed by atoms with Crippen LogP contribution in [0.2, 0.25) is 0 Å². The highest BCUT2D eigenvalue weighted by atomic mass is 19.1. The van der Waals surface area contributed by atoms with Crippen LogP contribution in [0.3, 0.4) is 0 Å². The van der Waals surface area contributed by atoms with Gasteiger partial charge in [0.2, 0.25) is 0 Å². The normalized spacial score (nSPS) is 14.6. The first kappa shape index (κ1) is 16.2. The molecule has 1 fully saturated rings. The van der Waals surface area contributed by atoms with Crippen molar-refractivity contribution in [2.45, 2.75) is 6.92 Å². The van der Waals surface area contributed by atoms with E-state index in [2.05, 4.69) is 5.32 Å². The van der Waals surface area contributed by atoms with Gasteiger partial charge >= 0.3 is 6.03 Å². The quantitative estimate of drug-likeness (QED) is 0.912. The Morgan fingerprint density at radius 3 is 2.42 bits per heavy atom. The number of benzene rings is 2. The minimum atomic E-state index is -0.590. The summed E-state index contributed by atoms with van der Waals surface area (Å²) in [5, 5.41) is 2.90. The molecular weight excluding hydrogens is 312 g/mol. The number of hydrogen-bond acceptors (Lipinski definition) is 2. The zero-order valence-corrected chi connectivity index (χ0v) is 13.4. The molecule has 1 N–H and O–H groups in total. The van der Waals surface area contributed by atoms with Crippen molar-refractivity contribution in [2.24, 2.45) is 0 Å². The Kier molecular flexibility index (Phi) is 4.64. The smallest absolute Gasteiger partial charge is 0.321 e. The van der Waals surface area contributed by atoms with Crippen molar-refractivity contribution >= 4 is 17.4 Å². The van der Waals surface area contributed by atoms with Gasteiger partial charge in [-0.15, -0.1) is 0 Å². The summed E-state index contributed by atoms with van der Waals surface area (Å²) >= 11 is 0. The summed E-state index contributed by atoms with van der Waals surface area (Å²) in [4.78, 5) is 15.9. The van der Waals surface area contributed by atoms with Crippen LogP contribution >= 0.6 is 0 Å². The number of halogens is 2. The molecule has 4 nitrogen and oxygen atoms in total. The Hall–Kier alpha value is -2.63. The average Bonchev–Trinajstić information content (AvgIpc) is 2.57. The maximum absolute atomic E-state index is 13.8. The fourth-order valence-electron chi connectivity index (χ4n) is 2.80. The maximum atomic E-state index is 13.8. The summed E-state index contributed by atoms with van der Waals surface area (Å²) in [6.07, 6.45) is 0. The molecule has 126 valence electrons. The van der Waals surface area contributed by atoms with Crippen molar-refractivity contribution < 1.29 is 13.6 Å². The van der Waals surface area contributed by atoms with Gasteiger partial charge in [-0.2, -0.15) is 0 Å². The first-order chi connectivity index (χ1) is 11.5. The lowest BCUT2D eigenvalue weighted by molar-refractivity contribution is 0.208. The highest BCUT2D eigenvalue weighted by molar-refractivity contribution is 5.90. The van der Waals surface area contributed by atoms with Crippen molar-refractivity contribution in [3.8, 4) is 0 Å². The zero-order chi connectivity index (χ0) is 17.1. The Bertz CT molecular complexity index is 743. The maximum Gasteiger partial charge on any atom is 0.321 e. The lowest BCUT2D eigenvalue weighted by atomic mass is 10.2. The van der Waals surface area contributed by atoms with E-state index in [0.29, 0.717) is 31.9 Å². The summed E-state index contributed by atoms with van der Waals surface area (Å²) in [5.41, 5.74) is 2.16. The zero-order valence-electron chi connectivity index (χ0n) is 13.4. The summed E-state index contributed by atoms with van der Waals surface area (Å²) in [5.74, 6) is -1.17. The molecule has 1 aliphatic rings. The monoisotopic (exact) mass is 331 g/mol. The lowest BCUT2D eigenvalue weighted by Crippen LogP contribution is -2.50. The van der Waals surface area contributed by atoms with Crippen LogP contribution in [0.25, 0.3) is 0 Å². The van der Waals surface area contributed by atoms with Gasteiger partial charge in [0.15, 0.2) is 0 Å². The number of hydrogen-bond donors (Lipinski definition) is 1. The number of anilines is 2. The molecule has 0 radical (unpaired) electrons. The van der Waals surface area contributed by atoms with E-state index >= 15 is 0 Å². The van der Waals surface area contributed by atoms with Gasteiger partial charge in [-0.25, -0.2) is 13.6 Å². The Labute approximate surface area is 139 Å². The molecule has 0 atom stereocenters. The van der Waals surface area contributed by atoms with Crippen molar-refractivity contribution in [1.82, 2.24) is 4.90 Å². The summed E-state index contributed by atoms with van der Waals surface area (Å²) in [6.45, 7) is 3.90. The number of amides is 2. The molecule has 1 saturated heterocycles. The van der Waals surface area contributed by atoms with Gasteiger partial charge in [-0.1, -0.05) is 18.2 Å². The number of carbonyl (C=O) groups is 1. The largest absolute Gasteiger partial charge is 0.366 e. The number of rotatable bonds is 2. The van der Waals surface area contributed by atoms with Crippen LogP contribution in [0.15, 0.2) is 42.5 Å². The summed E-state index contributed by atoms with van der Waals surface area (Å²) in [6, 6.07) is 11.0. The van der Waals surface area contributed by atoms with Crippen LogP contribution in [0.5, 0.6) is 0 Å². The van der Waals surface area contributed by atoms with E-state index in [1.807, 2.05) is 36.1 Å². The molecular formula is C18H19F2N3O. The SMILES string of the molecule is Cc1ccccc1NC(=O)N1CCN(c2ccc(F)cc2F)CC1. The number of aryl methyl sites for hydroxylation is 1. The van der Waals surface area contributed by atoms with Crippen molar-refractivity contribution in [3.63, 3.8) is 0 Å². The highest BCUT2D eigenvalue weighted by Gasteiger charge is 2.23. The van der Waals surface area contributed by atoms with Crippen LogP contribution in [-0.4, -0.2) is 37.1 Å². The van der Waals surface area contributed by atoms with Crippen molar-refractivity contribution in [3.05, 3.63) is 59.7 Å². The molecule has 2 aromatic carbocycles. The van der Waals surface area contributed by atoms with Crippen LogP contribution in [-0.2, 0) is 0 Å². The highest BCUT2D eigenvalue weighted by Crippen LogP contribution is 2.22. The predicted octanol–water partition coefficient (Wildman–Crippen LogP) is 3.63. The third-order valence-corrected chi connectivity index (χ3v) is 4.20. The number of para-hydroxylation sites is 1. The van der Waals surface area contributed by atoms with E-state index in [0.717, 1.165) is 17.3 Å². The molecule has 24 heavy (non-hydrogen) atoms. The van der Waals surface area contributed by atoms with E-state index in [1.54, 1.807) is 4.90 Å². The number of piperazine rings is 1. The summed E-state index contributed by atoms with van der Waals surface area (Å²) < 4.78 is 26.9. The van der Waals surface area contributed by atoms with Gasteiger partial charge in [0, 0.05) is 37.9 Å². The second kappa shape index (κ2) is 6.86. The van der Waals surface area contributed by atoms with E-state index in [1.165, 1.54) is 12.1 Å². The molecule has 1 aliphatic heterocycles. The number of urea groups is 1. The minimum absolute atomic E-state index is 0.163. The number of nitrogens with one attached hydrogen (secondary N) is 1. The topological polar surface area (TPSA) is 35.6 Å². The molecule has 1 heterocycles. The van der Waals surface area contributed by atoms with E-state index in [9.17, 15) is 13.6 Å². The molecule has 0 aliphatic carbocycles. The lowest BCUT2D eigenvalue weighted by Gasteiger charge is -2.36. The Balaban J connectivity index is 1.60. The molecule has 2 amide bonds. The molecule has 2 aromatic rings. The van der Waals surface area contributed by atoms with Gasteiger partial charge in [0.1, 0.15) is 11.6 Å². The third-order valence-electron chi connectivity index (χ3n) is 4.20. The fourth-order valence-corrected chi connectivity index (χ4v) is 2.80. The fraction of sp³-hybridized carbons (Fsp3) is 0.278. The van der Waals surface area contributed by atoms with Gasteiger partial charge in [0.25, 0.3) is 0 Å². The van der Waals surface area contributed by atoms with Crippen molar-refractivity contribution in [2.75, 3.05) is 36.4 Å². The molecule has 0 spiro atoms. The van der Waals surface area contributed by atoms with Crippen LogP contribution in [0.1, 0.15) is 5.56 Å². The molecule has 0 unspecified atom stereocenters. The van der Waals surface area contributed by atoms with Gasteiger partial charge in [-0.3, -0.25) is 0 Å². The summed E-state index contributed by atoms with van der Waals surface area (Å²) in [7, 11) is 0. The molecule has 6 heteroatoms. The van der Waals surface area contributed by atoms with Gasteiger partial charge in [0.05, 0.1) is 5.69 Å². The van der Waals surface area contributed by atoms with Crippen LogP contribution < -0.4 is 10.2 Å². The van der Waals surface area contributed by atoms with Crippen LogP contribution in [0, 0.1) is 18.6 Å². The standard InChI is InChI=1S/C18H19F2N3O/c1-13-4-2-3-5-16(13)21-18(24)23-10-8-22(9-11-23)17-7-6-14(19)12-15(17)20/h2-7,12H,8-11H2,1H3,(H,21,24). The number of nitrogens with zero attached hydrogens (tertiary/aromatic N) is 2. The first-order valence-corrected chi connectivity index (χ1v) is 7.86. The third kappa shape index (κ3) is 3.48. The second-order valence-electron chi connectivity index (χ2n) is 5.81. The second-order valence-corrected chi connectivity index (χ2v) is 5.81. The first-order valence-electron chi connectivity index (χ1n) is 7.86. The minimum Gasteiger partial charge on any atom is -0.366 e. The molecule has 3 rings (SSSR count).